The van der Waals surface area contributed by atoms with Gasteiger partial charge in [-0.3, -0.25) is 14.8 Å². The Balaban J connectivity index is 1.21. The van der Waals surface area contributed by atoms with Crippen LogP contribution in [0.3, 0.4) is 0 Å². The lowest BCUT2D eigenvalue weighted by molar-refractivity contribution is -0.141. The number of hydrogen-bond donors (Lipinski definition) is 2. The van der Waals surface area contributed by atoms with Gasteiger partial charge in [0.05, 0.1) is 22.1 Å². The van der Waals surface area contributed by atoms with E-state index in [1.165, 1.54) is 4.68 Å². The number of nitrogens with zero attached hydrogens (tertiary/aromatic N) is 2. The molecule has 174 valence electrons. The highest BCUT2D eigenvalue weighted by Crippen LogP contribution is 2.61. The molecular formula is C24H20ClN3O4S2. The number of halogens is 1. The Labute approximate surface area is 210 Å². The number of carboxylic acids is 1. The second-order valence-corrected chi connectivity index (χ2v) is 11.0. The number of rotatable bonds is 5. The van der Waals surface area contributed by atoms with Gasteiger partial charge in [-0.1, -0.05) is 47.7 Å². The van der Waals surface area contributed by atoms with Crippen molar-refractivity contribution in [2.75, 3.05) is 5.32 Å². The van der Waals surface area contributed by atoms with Crippen LogP contribution in [-0.2, 0) is 23.2 Å². The first-order valence-corrected chi connectivity index (χ1v) is 12.7. The summed E-state index contributed by atoms with van der Waals surface area (Å²) < 4.78 is 6.81. The lowest BCUT2D eigenvalue weighted by Crippen LogP contribution is -2.16. The van der Waals surface area contributed by atoms with Crippen molar-refractivity contribution in [1.29, 1.82) is 0 Å². The number of anilines is 1. The summed E-state index contributed by atoms with van der Waals surface area (Å²) in [6.07, 6.45) is 6.60. The van der Waals surface area contributed by atoms with Crippen molar-refractivity contribution >= 4 is 53.0 Å². The van der Waals surface area contributed by atoms with Crippen molar-refractivity contribution in [2.45, 2.75) is 29.9 Å². The molecule has 34 heavy (non-hydrogen) atoms. The van der Waals surface area contributed by atoms with Gasteiger partial charge in [0.15, 0.2) is 0 Å². The van der Waals surface area contributed by atoms with Crippen LogP contribution >= 0.6 is 35.1 Å². The molecule has 2 atom stereocenters. The zero-order valence-corrected chi connectivity index (χ0v) is 20.5. The Morgan fingerprint density at radius 2 is 2.03 bits per heavy atom. The molecule has 2 aromatic rings. The highest BCUT2D eigenvalue weighted by molar-refractivity contribution is 8.09. The van der Waals surface area contributed by atoms with Crippen molar-refractivity contribution in [1.82, 2.24) is 9.78 Å². The molecule has 0 spiro atoms. The van der Waals surface area contributed by atoms with Crippen LogP contribution in [0.4, 0.5) is 10.6 Å². The van der Waals surface area contributed by atoms with Crippen molar-refractivity contribution in [3.63, 3.8) is 0 Å². The molecule has 0 saturated heterocycles. The van der Waals surface area contributed by atoms with E-state index in [-0.39, 0.29) is 17.1 Å². The summed E-state index contributed by atoms with van der Waals surface area (Å²) >= 11 is 9.38. The SMILES string of the molecule is Cn1ncc(C#CC2=CC3SC(C4(C(=O)O)CC4)=CC3S2)c1NC(=O)OCc1ccccc1Cl. The first-order chi connectivity index (χ1) is 16.4. The fraction of sp³-hybridized carbons (Fsp3) is 0.292. The van der Waals surface area contributed by atoms with Gasteiger partial charge >= 0.3 is 12.1 Å². The fourth-order valence-electron chi connectivity index (χ4n) is 3.79. The zero-order valence-electron chi connectivity index (χ0n) is 18.1. The van der Waals surface area contributed by atoms with Crippen LogP contribution < -0.4 is 5.32 Å². The van der Waals surface area contributed by atoms with E-state index < -0.39 is 17.5 Å². The maximum absolute atomic E-state index is 12.3. The minimum absolute atomic E-state index is 0.0486. The molecule has 1 aromatic heterocycles. The molecule has 1 fully saturated rings. The summed E-state index contributed by atoms with van der Waals surface area (Å²) in [6, 6.07) is 7.17. The molecule has 2 aliphatic heterocycles. The predicted octanol–water partition coefficient (Wildman–Crippen LogP) is 5.04. The topological polar surface area (TPSA) is 93.5 Å². The number of carbonyl (C=O) groups excluding carboxylic acids is 1. The van der Waals surface area contributed by atoms with E-state index in [9.17, 15) is 14.7 Å². The monoisotopic (exact) mass is 513 g/mol. The molecule has 0 radical (unpaired) electrons. The number of fused-ring (bicyclic) bond motifs is 1. The van der Waals surface area contributed by atoms with Crippen molar-refractivity contribution in [3.05, 3.63) is 68.6 Å². The Hall–Kier alpha value is -2.80. The lowest BCUT2D eigenvalue weighted by atomic mass is 10.1. The third-order valence-electron chi connectivity index (χ3n) is 5.91. The number of carbonyl (C=O) groups is 2. The third kappa shape index (κ3) is 4.45. The number of carboxylic acid groups (broad SMARTS) is 1. The quantitative estimate of drug-likeness (QED) is 0.541. The minimum Gasteiger partial charge on any atom is -0.481 e. The largest absolute Gasteiger partial charge is 0.481 e. The van der Waals surface area contributed by atoms with Gasteiger partial charge < -0.3 is 9.84 Å². The Bertz CT molecular complexity index is 1300. The van der Waals surface area contributed by atoms with E-state index in [1.54, 1.807) is 48.9 Å². The second kappa shape index (κ2) is 9.10. The molecule has 2 N–H and O–H groups in total. The molecule has 3 heterocycles. The Kier molecular flexibility index (Phi) is 6.15. The average molecular weight is 514 g/mol. The van der Waals surface area contributed by atoms with E-state index in [2.05, 4.69) is 34.4 Å². The number of nitrogens with one attached hydrogen (secondary N) is 1. The fourth-order valence-corrected chi connectivity index (χ4v) is 6.99. The van der Waals surface area contributed by atoms with E-state index in [4.69, 9.17) is 16.3 Å². The van der Waals surface area contributed by atoms with Crippen LogP contribution in [0.1, 0.15) is 24.0 Å². The smallest absolute Gasteiger partial charge is 0.413 e. The summed E-state index contributed by atoms with van der Waals surface area (Å²) in [5.41, 5.74) is 0.639. The molecular weight excluding hydrogens is 494 g/mol. The summed E-state index contributed by atoms with van der Waals surface area (Å²) in [7, 11) is 1.71. The average Bonchev–Trinajstić information content (AvgIpc) is 3.25. The molecule has 1 amide bonds. The molecule has 5 rings (SSSR count). The van der Waals surface area contributed by atoms with E-state index in [0.717, 1.165) is 22.7 Å². The Morgan fingerprint density at radius 3 is 2.74 bits per heavy atom. The van der Waals surface area contributed by atoms with Gasteiger partial charge in [0.25, 0.3) is 0 Å². The third-order valence-corrected chi connectivity index (χ3v) is 9.13. The number of benzene rings is 1. The van der Waals surface area contributed by atoms with Crippen LogP contribution in [0.5, 0.6) is 0 Å². The Morgan fingerprint density at radius 1 is 1.26 bits per heavy atom. The zero-order chi connectivity index (χ0) is 23.9. The van der Waals surface area contributed by atoms with Gasteiger partial charge in [0.1, 0.15) is 12.4 Å². The first kappa shape index (κ1) is 23.0. The predicted molar refractivity (Wildman–Crippen MR) is 134 cm³/mol. The summed E-state index contributed by atoms with van der Waals surface area (Å²) in [5.74, 6) is 5.97. The van der Waals surface area contributed by atoms with Crippen LogP contribution in [0.25, 0.3) is 0 Å². The number of aromatic nitrogens is 2. The first-order valence-electron chi connectivity index (χ1n) is 10.6. The van der Waals surface area contributed by atoms with Crippen LogP contribution in [0.15, 0.2) is 52.4 Å². The van der Waals surface area contributed by atoms with Gasteiger partial charge in [-0.25, -0.2) is 4.79 Å². The van der Waals surface area contributed by atoms with Crippen molar-refractivity contribution in [3.8, 4) is 11.8 Å². The van der Waals surface area contributed by atoms with Gasteiger partial charge in [-0.15, -0.1) is 23.5 Å². The lowest BCUT2D eigenvalue weighted by Gasteiger charge is -2.11. The van der Waals surface area contributed by atoms with Crippen molar-refractivity contribution < 1.29 is 19.4 Å². The van der Waals surface area contributed by atoms with Crippen molar-refractivity contribution in [2.24, 2.45) is 12.5 Å². The molecule has 3 aliphatic rings. The molecule has 2 unspecified atom stereocenters. The van der Waals surface area contributed by atoms with Crippen LogP contribution in [0, 0.1) is 17.3 Å². The standard InChI is InChI=1S/C24H20ClN3O4S2/c1-28-21(27-23(31)32-13-15-4-2-3-5-17(15)25)14(12-26-28)6-7-16-10-18-19(33-16)11-20(34-18)24(8-9-24)22(29)30/h2-5,10-12,18-19H,8-9,13H2,1H3,(H,27,31)(H,29,30). The second-order valence-electron chi connectivity index (χ2n) is 8.19. The number of thioether (sulfide) groups is 2. The molecule has 1 aliphatic carbocycles. The molecule has 7 nitrogen and oxygen atoms in total. The van der Waals surface area contributed by atoms with Crippen LogP contribution in [0.2, 0.25) is 5.02 Å². The molecule has 1 saturated carbocycles. The minimum atomic E-state index is -0.720. The number of hydrogen-bond acceptors (Lipinski definition) is 6. The maximum atomic E-state index is 12.3. The number of ether oxygens (including phenoxy) is 1. The molecule has 10 heteroatoms. The van der Waals surface area contributed by atoms with Gasteiger partial charge in [0, 0.05) is 28.1 Å². The number of aryl methyl sites for hydroxylation is 1. The molecule has 0 bridgehead atoms. The summed E-state index contributed by atoms with van der Waals surface area (Å²) in [6.45, 7) is 0.0486. The van der Waals surface area contributed by atoms with Gasteiger partial charge in [0.2, 0.25) is 0 Å². The highest BCUT2D eigenvalue weighted by atomic mass is 35.5. The highest BCUT2D eigenvalue weighted by Gasteiger charge is 2.56. The normalized spacial score (nSPS) is 21.6. The maximum Gasteiger partial charge on any atom is 0.413 e. The number of allylic oxidation sites excluding steroid dienone is 1. The van der Waals surface area contributed by atoms with E-state index in [1.807, 2.05) is 12.1 Å². The summed E-state index contributed by atoms with van der Waals surface area (Å²) in [5, 5.41) is 17.4. The number of amides is 1. The summed E-state index contributed by atoms with van der Waals surface area (Å²) in [4.78, 5) is 25.8. The van der Waals surface area contributed by atoms with Gasteiger partial charge in [-0.2, -0.15) is 5.10 Å². The van der Waals surface area contributed by atoms with E-state index >= 15 is 0 Å². The number of aliphatic carboxylic acids is 1. The molecule has 1 aromatic carbocycles. The van der Waals surface area contributed by atoms with E-state index in [0.29, 0.717) is 22.0 Å². The van der Waals surface area contributed by atoms with Crippen LogP contribution in [-0.4, -0.2) is 37.4 Å². The van der Waals surface area contributed by atoms with Gasteiger partial charge in [-0.05, 0) is 29.9 Å².